The summed E-state index contributed by atoms with van der Waals surface area (Å²) >= 11 is 0. The number of para-hydroxylation sites is 1. The highest BCUT2D eigenvalue weighted by Crippen LogP contribution is 2.47. The molecule has 25 heavy (non-hydrogen) atoms. The molecule has 0 aliphatic carbocycles. The summed E-state index contributed by atoms with van der Waals surface area (Å²) in [7, 11) is 1.63. The second-order valence-electron chi connectivity index (χ2n) is 5.87. The number of nitriles is 1. The maximum Gasteiger partial charge on any atom is 0.205 e. The van der Waals surface area contributed by atoms with E-state index in [1.54, 1.807) is 7.11 Å². The predicted molar refractivity (Wildman–Crippen MR) is 96.2 cm³/mol. The maximum absolute atomic E-state index is 9.75. The van der Waals surface area contributed by atoms with Gasteiger partial charge in [0.1, 0.15) is 23.1 Å². The third-order valence-electron chi connectivity index (χ3n) is 4.56. The quantitative estimate of drug-likeness (QED) is 0.770. The average Bonchev–Trinajstić information content (AvgIpc) is 2.66. The molecule has 0 amide bonds. The van der Waals surface area contributed by atoms with Crippen molar-refractivity contribution in [2.24, 2.45) is 5.73 Å². The van der Waals surface area contributed by atoms with E-state index in [4.69, 9.17) is 15.2 Å². The Morgan fingerprint density at radius 1 is 1.04 bits per heavy atom. The van der Waals surface area contributed by atoms with Crippen LogP contribution in [0.3, 0.4) is 0 Å². The molecule has 0 bridgehead atoms. The molecule has 1 aliphatic rings. The summed E-state index contributed by atoms with van der Waals surface area (Å²) in [5, 5.41) is 11.9. The van der Waals surface area contributed by atoms with Crippen LogP contribution in [-0.2, 0) is 0 Å². The number of ether oxygens (including phenoxy) is 2. The Kier molecular flexibility index (Phi) is 3.55. The highest BCUT2D eigenvalue weighted by atomic mass is 16.5. The zero-order chi connectivity index (χ0) is 17.4. The van der Waals surface area contributed by atoms with Gasteiger partial charge in [0.05, 0.1) is 13.0 Å². The lowest BCUT2D eigenvalue weighted by molar-refractivity contribution is 0.388. The first-order valence-electron chi connectivity index (χ1n) is 7.96. The van der Waals surface area contributed by atoms with E-state index >= 15 is 0 Å². The van der Waals surface area contributed by atoms with E-state index in [-0.39, 0.29) is 11.8 Å². The number of rotatable bonds is 2. The van der Waals surface area contributed by atoms with Gasteiger partial charge < -0.3 is 15.2 Å². The van der Waals surface area contributed by atoms with Crippen LogP contribution in [0.1, 0.15) is 17.0 Å². The number of allylic oxidation sites excluding steroid dienone is 1. The van der Waals surface area contributed by atoms with E-state index in [9.17, 15) is 5.26 Å². The molecular formula is C21H16N2O2. The summed E-state index contributed by atoms with van der Waals surface area (Å²) in [6, 6.07) is 21.9. The van der Waals surface area contributed by atoms with Gasteiger partial charge in [0.2, 0.25) is 5.88 Å². The lowest BCUT2D eigenvalue weighted by Crippen LogP contribution is -2.21. The molecule has 1 unspecified atom stereocenters. The fourth-order valence-electron chi connectivity index (χ4n) is 3.46. The molecule has 0 fully saturated rings. The van der Waals surface area contributed by atoms with Crippen molar-refractivity contribution in [2.75, 3.05) is 7.11 Å². The Hall–Kier alpha value is -3.45. The number of nitrogens with zero attached hydrogens (tertiary/aromatic N) is 1. The number of hydrogen-bond acceptors (Lipinski definition) is 4. The van der Waals surface area contributed by atoms with Gasteiger partial charge >= 0.3 is 0 Å². The first-order chi connectivity index (χ1) is 12.2. The van der Waals surface area contributed by atoms with Crippen molar-refractivity contribution in [2.45, 2.75) is 5.92 Å². The van der Waals surface area contributed by atoms with E-state index in [1.165, 1.54) is 0 Å². The van der Waals surface area contributed by atoms with E-state index in [2.05, 4.69) is 6.07 Å². The number of nitrogens with two attached hydrogens (primary N) is 1. The van der Waals surface area contributed by atoms with Gasteiger partial charge in [-0.2, -0.15) is 5.26 Å². The second kappa shape index (κ2) is 5.88. The summed E-state index contributed by atoms with van der Waals surface area (Å²) in [5.41, 5.74) is 8.29. The van der Waals surface area contributed by atoms with E-state index in [0.717, 1.165) is 21.9 Å². The van der Waals surface area contributed by atoms with Gasteiger partial charge in [-0.05, 0) is 22.9 Å². The van der Waals surface area contributed by atoms with Gasteiger partial charge in [-0.1, -0.05) is 48.5 Å². The van der Waals surface area contributed by atoms with Crippen molar-refractivity contribution in [1.82, 2.24) is 0 Å². The largest absolute Gasteiger partial charge is 0.496 e. The lowest BCUT2D eigenvalue weighted by Gasteiger charge is -2.28. The van der Waals surface area contributed by atoms with Gasteiger partial charge in [0.15, 0.2) is 0 Å². The van der Waals surface area contributed by atoms with Crippen LogP contribution >= 0.6 is 0 Å². The summed E-state index contributed by atoms with van der Waals surface area (Å²) in [6.07, 6.45) is 0. The van der Waals surface area contributed by atoms with Crippen molar-refractivity contribution in [3.63, 3.8) is 0 Å². The molecule has 0 aromatic heterocycles. The van der Waals surface area contributed by atoms with Crippen LogP contribution in [0.25, 0.3) is 10.8 Å². The molecule has 1 heterocycles. The Morgan fingerprint density at radius 3 is 2.60 bits per heavy atom. The molecule has 0 spiro atoms. The van der Waals surface area contributed by atoms with Crippen LogP contribution < -0.4 is 15.2 Å². The van der Waals surface area contributed by atoms with Gasteiger partial charge in [-0.25, -0.2) is 0 Å². The number of methoxy groups -OCH3 is 1. The van der Waals surface area contributed by atoms with Gasteiger partial charge in [0.25, 0.3) is 0 Å². The van der Waals surface area contributed by atoms with Crippen LogP contribution in [0.5, 0.6) is 11.5 Å². The Morgan fingerprint density at radius 2 is 1.80 bits per heavy atom. The monoisotopic (exact) mass is 328 g/mol. The fraction of sp³-hybridized carbons (Fsp3) is 0.0952. The van der Waals surface area contributed by atoms with Crippen LogP contribution in [0.15, 0.2) is 72.1 Å². The number of benzene rings is 3. The topological polar surface area (TPSA) is 68.3 Å². The standard InChI is InChI=1S/C21H16N2O2/c1-24-17-9-5-4-8-15(17)19-16(12-22)21(23)25-18-11-10-13-6-2-3-7-14(13)20(18)19/h2-11,19H,23H2,1H3. The molecule has 0 saturated heterocycles. The zero-order valence-corrected chi connectivity index (χ0v) is 13.7. The fourth-order valence-corrected chi connectivity index (χ4v) is 3.46. The molecule has 0 saturated carbocycles. The summed E-state index contributed by atoms with van der Waals surface area (Å²) in [4.78, 5) is 0. The van der Waals surface area contributed by atoms with Gasteiger partial charge in [-0.15, -0.1) is 0 Å². The van der Waals surface area contributed by atoms with Crippen molar-refractivity contribution >= 4 is 10.8 Å². The summed E-state index contributed by atoms with van der Waals surface area (Å²) in [5.74, 6) is 1.19. The third kappa shape index (κ3) is 2.29. The van der Waals surface area contributed by atoms with Crippen molar-refractivity contribution in [3.8, 4) is 17.6 Å². The molecule has 3 aromatic carbocycles. The molecule has 4 rings (SSSR count). The average molecular weight is 328 g/mol. The summed E-state index contributed by atoms with van der Waals surface area (Å²) < 4.78 is 11.3. The van der Waals surface area contributed by atoms with Crippen molar-refractivity contribution < 1.29 is 9.47 Å². The Bertz CT molecular complexity index is 1050. The predicted octanol–water partition coefficient (Wildman–Crippen LogP) is 4.07. The van der Waals surface area contributed by atoms with Crippen LogP contribution in [-0.4, -0.2) is 7.11 Å². The van der Waals surface area contributed by atoms with Crippen LogP contribution in [0.2, 0.25) is 0 Å². The molecule has 122 valence electrons. The second-order valence-corrected chi connectivity index (χ2v) is 5.87. The smallest absolute Gasteiger partial charge is 0.205 e. The normalized spacial score (nSPS) is 16.1. The molecule has 4 nitrogen and oxygen atoms in total. The van der Waals surface area contributed by atoms with E-state index in [0.29, 0.717) is 17.1 Å². The minimum absolute atomic E-state index is 0.140. The minimum atomic E-state index is -0.337. The van der Waals surface area contributed by atoms with E-state index in [1.807, 2.05) is 60.7 Å². The SMILES string of the molecule is COc1ccccc1C1C(C#N)=C(N)Oc2ccc3ccccc3c21. The van der Waals surface area contributed by atoms with Gasteiger partial charge in [-0.3, -0.25) is 0 Å². The zero-order valence-electron chi connectivity index (χ0n) is 13.7. The van der Waals surface area contributed by atoms with Crippen molar-refractivity contribution in [1.29, 1.82) is 5.26 Å². The summed E-state index contributed by atoms with van der Waals surface area (Å²) in [6.45, 7) is 0. The molecular weight excluding hydrogens is 312 g/mol. The maximum atomic E-state index is 9.75. The van der Waals surface area contributed by atoms with E-state index < -0.39 is 0 Å². The van der Waals surface area contributed by atoms with Crippen molar-refractivity contribution in [3.05, 3.63) is 83.2 Å². The molecule has 4 heteroatoms. The number of hydrogen-bond donors (Lipinski definition) is 1. The molecule has 2 N–H and O–H groups in total. The third-order valence-corrected chi connectivity index (χ3v) is 4.56. The first-order valence-corrected chi connectivity index (χ1v) is 7.96. The molecule has 0 radical (unpaired) electrons. The highest BCUT2D eigenvalue weighted by Gasteiger charge is 2.33. The highest BCUT2D eigenvalue weighted by molar-refractivity contribution is 5.90. The molecule has 3 aromatic rings. The van der Waals surface area contributed by atoms with Crippen LogP contribution in [0.4, 0.5) is 0 Å². The first kappa shape index (κ1) is 15.1. The minimum Gasteiger partial charge on any atom is -0.496 e. The molecule has 1 aliphatic heterocycles. The van der Waals surface area contributed by atoms with Crippen LogP contribution in [0, 0.1) is 11.3 Å². The Labute approximate surface area is 145 Å². The Balaban J connectivity index is 2.09. The molecule has 1 atom stereocenters. The lowest BCUT2D eigenvalue weighted by atomic mass is 9.81. The number of fused-ring (bicyclic) bond motifs is 3. The van der Waals surface area contributed by atoms with Gasteiger partial charge in [0, 0.05) is 11.1 Å².